The molecule has 3 aromatic rings. The van der Waals surface area contributed by atoms with Crippen molar-refractivity contribution in [2.45, 2.75) is 32.6 Å². The number of halogens is 1. The molecule has 0 aliphatic rings. The van der Waals surface area contributed by atoms with Gasteiger partial charge in [0.2, 0.25) is 10.0 Å². The summed E-state index contributed by atoms with van der Waals surface area (Å²) in [5, 5.41) is 1.19. The van der Waals surface area contributed by atoms with Gasteiger partial charge in [-0.1, -0.05) is 50.6 Å². The first kappa shape index (κ1) is 28.5. The van der Waals surface area contributed by atoms with Gasteiger partial charge in [-0.05, 0) is 68.4 Å². The van der Waals surface area contributed by atoms with Crippen molar-refractivity contribution in [2.75, 3.05) is 45.2 Å². The van der Waals surface area contributed by atoms with Crippen LogP contribution in [0, 0.1) is 11.8 Å². The lowest BCUT2D eigenvalue weighted by Gasteiger charge is -2.26. The molecule has 0 bridgehead atoms. The van der Waals surface area contributed by atoms with E-state index in [0.29, 0.717) is 41.9 Å². The van der Waals surface area contributed by atoms with E-state index in [9.17, 15) is 13.2 Å². The summed E-state index contributed by atoms with van der Waals surface area (Å²) in [4.78, 5) is 22.1. The molecule has 1 heterocycles. The number of hydrogen-bond donors (Lipinski definition) is 0. The predicted molar refractivity (Wildman–Crippen MR) is 150 cm³/mol. The first-order valence-electron chi connectivity index (χ1n) is 12.0. The third kappa shape index (κ3) is 7.04. The van der Waals surface area contributed by atoms with Gasteiger partial charge in [0, 0.05) is 36.8 Å². The maximum Gasteiger partial charge on any atom is 0.260 e. The van der Waals surface area contributed by atoms with E-state index in [0.717, 1.165) is 10.2 Å². The highest BCUT2D eigenvalue weighted by atomic mass is 35.5. The minimum atomic E-state index is -3.67. The second kappa shape index (κ2) is 12.0. The Balaban J connectivity index is 1.91. The van der Waals surface area contributed by atoms with Crippen LogP contribution in [0.2, 0.25) is 5.02 Å². The molecule has 1 aromatic heterocycles. The van der Waals surface area contributed by atoms with Crippen molar-refractivity contribution in [3.8, 4) is 0 Å². The van der Waals surface area contributed by atoms with Crippen molar-refractivity contribution >= 4 is 54.2 Å². The molecule has 0 saturated carbocycles. The standard InChI is InChI=1S/C26H35ClN4O3S2/c1-18(2)16-30(17-19(3)4)36(33,34)22-10-7-20(8-11-22)25(32)31(14-13-29(5)6)26-28-23-12-9-21(27)15-24(23)35-26/h7-12,15,18-19H,13-14,16-17H2,1-6H3. The number of sulfonamides is 1. The number of nitrogens with zero attached hydrogens (tertiary/aromatic N) is 4. The smallest absolute Gasteiger partial charge is 0.260 e. The zero-order chi connectivity index (χ0) is 26.6. The monoisotopic (exact) mass is 550 g/mol. The van der Waals surface area contributed by atoms with Gasteiger partial charge in [-0.25, -0.2) is 13.4 Å². The van der Waals surface area contributed by atoms with Gasteiger partial charge in [0.15, 0.2) is 5.13 Å². The maximum absolute atomic E-state index is 13.6. The van der Waals surface area contributed by atoms with Crippen molar-refractivity contribution in [2.24, 2.45) is 11.8 Å². The van der Waals surface area contributed by atoms with E-state index in [1.54, 1.807) is 23.1 Å². The van der Waals surface area contributed by atoms with Crippen molar-refractivity contribution in [3.63, 3.8) is 0 Å². The molecule has 0 N–H and O–H groups in total. The van der Waals surface area contributed by atoms with Crippen LogP contribution in [0.3, 0.4) is 0 Å². The van der Waals surface area contributed by atoms with Gasteiger partial charge in [0.05, 0.1) is 15.1 Å². The van der Waals surface area contributed by atoms with Crippen LogP contribution in [0.5, 0.6) is 0 Å². The summed E-state index contributed by atoms with van der Waals surface area (Å²) in [6.07, 6.45) is 0. The van der Waals surface area contributed by atoms with Crippen LogP contribution in [-0.4, -0.2) is 68.8 Å². The lowest BCUT2D eigenvalue weighted by Crippen LogP contribution is -2.37. The number of carbonyl (C=O) groups excluding carboxylic acids is 1. The predicted octanol–water partition coefficient (Wildman–Crippen LogP) is 5.46. The number of hydrogen-bond acceptors (Lipinski definition) is 6. The normalized spacial score (nSPS) is 12.4. The summed E-state index contributed by atoms with van der Waals surface area (Å²) >= 11 is 7.54. The van der Waals surface area contributed by atoms with Gasteiger partial charge in [0.25, 0.3) is 5.91 Å². The number of rotatable bonds is 11. The molecule has 0 unspecified atom stereocenters. The molecule has 0 radical (unpaired) electrons. The number of anilines is 1. The molecule has 10 heteroatoms. The number of aromatic nitrogens is 1. The van der Waals surface area contributed by atoms with Crippen molar-refractivity contribution in [1.29, 1.82) is 0 Å². The highest BCUT2D eigenvalue weighted by Crippen LogP contribution is 2.31. The van der Waals surface area contributed by atoms with E-state index in [4.69, 9.17) is 11.6 Å². The fraction of sp³-hybridized carbons (Fsp3) is 0.462. The molecule has 1 amide bonds. The lowest BCUT2D eigenvalue weighted by atomic mass is 10.2. The fourth-order valence-corrected chi connectivity index (χ4v) is 6.78. The third-order valence-corrected chi connectivity index (χ3v) is 8.58. The first-order valence-corrected chi connectivity index (χ1v) is 14.6. The second-order valence-corrected chi connectivity index (χ2v) is 13.4. The van der Waals surface area contributed by atoms with Gasteiger partial charge < -0.3 is 4.90 Å². The number of likely N-dealkylation sites (N-methyl/N-ethyl adjacent to an activating group) is 1. The number of carbonyl (C=O) groups is 1. The molecule has 196 valence electrons. The number of amides is 1. The van der Waals surface area contributed by atoms with Crippen LogP contribution < -0.4 is 4.90 Å². The Hall–Kier alpha value is -2.04. The molecule has 0 saturated heterocycles. The SMILES string of the molecule is CC(C)CN(CC(C)C)S(=O)(=O)c1ccc(C(=O)N(CCN(C)C)c2nc3ccc(Cl)cc3s2)cc1. The van der Waals surface area contributed by atoms with Gasteiger partial charge in [-0.3, -0.25) is 9.69 Å². The van der Waals surface area contributed by atoms with Gasteiger partial charge in [0.1, 0.15) is 0 Å². The molecule has 0 fully saturated rings. The van der Waals surface area contributed by atoms with Crippen LogP contribution in [0.1, 0.15) is 38.1 Å². The summed E-state index contributed by atoms with van der Waals surface area (Å²) in [5.41, 5.74) is 1.18. The zero-order valence-electron chi connectivity index (χ0n) is 21.7. The van der Waals surface area contributed by atoms with Crippen LogP contribution >= 0.6 is 22.9 Å². The largest absolute Gasteiger partial charge is 0.308 e. The average Bonchev–Trinajstić information content (AvgIpc) is 3.20. The van der Waals surface area contributed by atoms with Gasteiger partial charge in [-0.15, -0.1) is 0 Å². The number of thiazole rings is 1. The second-order valence-electron chi connectivity index (χ2n) is 10.0. The lowest BCUT2D eigenvalue weighted by molar-refractivity contribution is 0.0985. The van der Waals surface area contributed by atoms with Crippen molar-refractivity contribution < 1.29 is 13.2 Å². The number of benzene rings is 2. The molecule has 0 atom stereocenters. The zero-order valence-corrected chi connectivity index (χ0v) is 24.1. The Labute approximate surface area is 223 Å². The minimum Gasteiger partial charge on any atom is -0.308 e. The molecular formula is C26H35ClN4O3S2. The van der Waals surface area contributed by atoms with E-state index in [1.807, 2.05) is 58.8 Å². The van der Waals surface area contributed by atoms with E-state index < -0.39 is 10.0 Å². The molecule has 3 rings (SSSR count). The Kier molecular flexibility index (Phi) is 9.51. The molecule has 0 aliphatic heterocycles. The molecular weight excluding hydrogens is 516 g/mol. The summed E-state index contributed by atoms with van der Waals surface area (Å²) in [5.74, 6) is 0.175. The molecule has 0 aliphatic carbocycles. The van der Waals surface area contributed by atoms with E-state index in [-0.39, 0.29) is 22.6 Å². The van der Waals surface area contributed by atoms with Crippen LogP contribution in [-0.2, 0) is 10.0 Å². The minimum absolute atomic E-state index is 0.190. The third-order valence-electron chi connectivity index (χ3n) is 5.46. The van der Waals surface area contributed by atoms with Crippen molar-refractivity contribution in [3.05, 3.63) is 53.1 Å². The molecule has 7 nitrogen and oxygen atoms in total. The summed E-state index contributed by atoms with van der Waals surface area (Å²) in [7, 11) is 0.220. The van der Waals surface area contributed by atoms with Crippen molar-refractivity contribution in [1.82, 2.24) is 14.2 Å². The van der Waals surface area contributed by atoms with Crippen LogP contribution in [0.4, 0.5) is 5.13 Å². The summed E-state index contributed by atoms with van der Waals surface area (Å²) in [6.45, 7) is 9.99. The van der Waals surface area contributed by atoms with E-state index in [2.05, 4.69) is 4.98 Å². The number of fused-ring (bicyclic) bond motifs is 1. The van der Waals surface area contributed by atoms with E-state index >= 15 is 0 Å². The highest BCUT2D eigenvalue weighted by Gasteiger charge is 2.27. The molecule has 36 heavy (non-hydrogen) atoms. The summed E-state index contributed by atoms with van der Waals surface area (Å²) in [6, 6.07) is 11.7. The Morgan fingerprint density at radius 2 is 1.58 bits per heavy atom. The molecule has 2 aromatic carbocycles. The van der Waals surface area contributed by atoms with Crippen LogP contribution in [0.15, 0.2) is 47.4 Å². The maximum atomic E-state index is 13.6. The van der Waals surface area contributed by atoms with Crippen LogP contribution in [0.25, 0.3) is 10.2 Å². The van der Waals surface area contributed by atoms with Gasteiger partial charge in [-0.2, -0.15) is 4.31 Å². The Morgan fingerprint density at radius 1 is 0.972 bits per heavy atom. The summed E-state index contributed by atoms with van der Waals surface area (Å²) < 4.78 is 29.1. The van der Waals surface area contributed by atoms with E-state index in [1.165, 1.54) is 27.8 Å². The topological polar surface area (TPSA) is 73.8 Å². The fourth-order valence-electron chi connectivity index (χ4n) is 3.75. The quantitative estimate of drug-likeness (QED) is 0.317. The first-order chi connectivity index (χ1) is 16.9. The Morgan fingerprint density at radius 3 is 2.14 bits per heavy atom. The molecule has 0 spiro atoms. The Bertz CT molecular complexity index is 1280. The van der Waals surface area contributed by atoms with Gasteiger partial charge >= 0.3 is 0 Å². The highest BCUT2D eigenvalue weighted by molar-refractivity contribution is 7.89. The average molecular weight is 551 g/mol.